The molecule has 2 aliphatic heterocycles. The van der Waals surface area contributed by atoms with E-state index in [-0.39, 0.29) is 11.8 Å². The second-order valence-electron chi connectivity index (χ2n) is 9.71. The lowest BCUT2D eigenvalue weighted by molar-refractivity contribution is -0.161. The molecule has 3 aromatic rings. The molecule has 2 saturated heterocycles. The highest BCUT2D eigenvalue weighted by atomic mass is 35.5. The summed E-state index contributed by atoms with van der Waals surface area (Å²) >= 11 is 6.03. The molecular weight excluding hydrogens is 472 g/mol. The summed E-state index contributed by atoms with van der Waals surface area (Å²) in [5.74, 6) is -0.0317. The first-order valence-electron chi connectivity index (χ1n) is 12.6. The number of nitrogens with zero attached hydrogens (tertiary/aromatic N) is 3. The summed E-state index contributed by atoms with van der Waals surface area (Å²) in [5.41, 5.74) is 2.32. The van der Waals surface area contributed by atoms with Gasteiger partial charge in [-0.05, 0) is 48.2 Å². The van der Waals surface area contributed by atoms with Gasteiger partial charge >= 0.3 is 0 Å². The summed E-state index contributed by atoms with van der Waals surface area (Å²) in [4.78, 5) is 36.2. The number of carbonyl (C=O) groups is 2. The van der Waals surface area contributed by atoms with Crippen LogP contribution in [0.4, 0.5) is 0 Å². The number of nitrogens with one attached hydrogen (secondary N) is 1. The zero-order chi connectivity index (χ0) is 25.0. The van der Waals surface area contributed by atoms with Gasteiger partial charge in [-0.1, -0.05) is 60.1 Å². The molecule has 5 rings (SSSR count). The van der Waals surface area contributed by atoms with E-state index in [0.29, 0.717) is 32.2 Å². The third-order valence-corrected chi connectivity index (χ3v) is 7.66. The topological polar surface area (TPSA) is 65.5 Å². The lowest BCUT2D eigenvalue weighted by Crippen LogP contribution is -2.73. The molecule has 0 aliphatic carbocycles. The minimum absolute atomic E-state index is 0.000496. The van der Waals surface area contributed by atoms with Gasteiger partial charge in [-0.2, -0.15) is 0 Å². The van der Waals surface area contributed by atoms with E-state index in [9.17, 15) is 9.59 Å². The van der Waals surface area contributed by atoms with E-state index in [1.165, 1.54) is 5.56 Å². The van der Waals surface area contributed by atoms with E-state index in [2.05, 4.69) is 15.2 Å². The van der Waals surface area contributed by atoms with Gasteiger partial charge in [0.15, 0.2) is 0 Å². The minimum Gasteiger partial charge on any atom is -0.342 e. The average Bonchev–Trinajstić information content (AvgIpc) is 2.91. The molecule has 1 aromatic heterocycles. The van der Waals surface area contributed by atoms with Crippen LogP contribution in [-0.4, -0.2) is 57.8 Å². The normalized spacial score (nSPS) is 19.9. The highest BCUT2D eigenvalue weighted by Gasteiger charge is 2.53. The number of amides is 2. The number of benzene rings is 2. The predicted molar refractivity (Wildman–Crippen MR) is 140 cm³/mol. The van der Waals surface area contributed by atoms with Crippen molar-refractivity contribution in [2.45, 2.75) is 43.8 Å². The van der Waals surface area contributed by atoms with Crippen molar-refractivity contribution in [2.75, 3.05) is 19.6 Å². The fourth-order valence-corrected chi connectivity index (χ4v) is 5.51. The Hall–Kier alpha value is -3.22. The minimum atomic E-state index is -0.824. The van der Waals surface area contributed by atoms with E-state index < -0.39 is 11.6 Å². The number of piperidine rings is 1. The molecule has 1 unspecified atom stereocenters. The number of halogens is 1. The predicted octanol–water partition coefficient (Wildman–Crippen LogP) is 3.88. The molecule has 3 heterocycles. The van der Waals surface area contributed by atoms with Gasteiger partial charge in [0, 0.05) is 55.9 Å². The molecule has 186 valence electrons. The number of hydrogen-bond acceptors (Lipinski definition) is 4. The van der Waals surface area contributed by atoms with E-state index >= 15 is 0 Å². The van der Waals surface area contributed by atoms with Crippen LogP contribution in [0.3, 0.4) is 0 Å². The van der Waals surface area contributed by atoms with Crippen LogP contribution < -0.4 is 5.32 Å². The quantitative estimate of drug-likeness (QED) is 0.532. The van der Waals surface area contributed by atoms with Crippen LogP contribution in [0.2, 0.25) is 5.02 Å². The number of pyridine rings is 1. The Morgan fingerprint density at radius 3 is 2.33 bits per heavy atom. The van der Waals surface area contributed by atoms with Crippen LogP contribution in [0.1, 0.15) is 29.7 Å². The van der Waals surface area contributed by atoms with Gasteiger partial charge in [0.2, 0.25) is 11.8 Å². The van der Waals surface area contributed by atoms with Crippen molar-refractivity contribution in [3.63, 3.8) is 0 Å². The maximum atomic E-state index is 13.8. The Bertz CT molecular complexity index is 1180. The van der Waals surface area contributed by atoms with Gasteiger partial charge in [0.25, 0.3) is 0 Å². The second-order valence-corrected chi connectivity index (χ2v) is 10.1. The van der Waals surface area contributed by atoms with Crippen molar-refractivity contribution in [2.24, 2.45) is 0 Å². The SMILES string of the molecule is O=C1C(Cc2ccccc2)NC(=O)C2(CCN(Cc3ccc(Cl)cc3)CC2)N1CCc1ccccn1. The van der Waals surface area contributed by atoms with Gasteiger partial charge in [-0.25, -0.2) is 0 Å². The third-order valence-electron chi connectivity index (χ3n) is 7.41. The molecule has 2 aromatic carbocycles. The van der Waals surface area contributed by atoms with E-state index in [0.717, 1.165) is 35.9 Å². The molecule has 6 nitrogen and oxygen atoms in total. The molecule has 1 atom stereocenters. The van der Waals surface area contributed by atoms with Crippen LogP contribution in [0, 0.1) is 0 Å². The largest absolute Gasteiger partial charge is 0.342 e. The zero-order valence-corrected chi connectivity index (χ0v) is 21.0. The molecule has 1 N–H and O–H groups in total. The van der Waals surface area contributed by atoms with Crippen molar-refractivity contribution in [1.29, 1.82) is 0 Å². The standard InChI is InChI=1S/C29H31ClN4O2/c30-24-11-9-23(10-12-24)21-33-18-14-29(15-19-33)28(36)32-26(20-22-6-2-1-3-7-22)27(35)34(29)17-13-25-8-4-5-16-31-25/h1-12,16,26H,13-15,17-21H2,(H,32,36). The van der Waals surface area contributed by atoms with Crippen molar-refractivity contribution < 1.29 is 9.59 Å². The van der Waals surface area contributed by atoms with Crippen molar-refractivity contribution >= 4 is 23.4 Å². The number of rotatable bonds is 7. The smallest absolute Gasteiger partial charge is 0.246 e. The van der Waals surface area contributed by atoms with Crippen LogP contribution in [0.25, 0.3) is 0 Å². The van der Waals surface area contributed by atoms with Gasteiger partial charge in [0.1, 0.15) is 11.6 Å². The summed E-state index contributed by atoms with van der Waals surface area (Å²) in [5, 5.41) is 3.82. The Morgan fingerprint density at radius 1 is 0.917 bits per heavy atom. The lowest BCUT2D eigenvalue weighted by Gasteiger charge is -2.51. The lowest BCUT2D eigenvalue weighted by atomic mass is 9.81. The highest BCUT2D eigenvalue weighted by Crippen LogP contribution is 2.34. The maximum absolute atomic E-state index is 13.8. The van der Waals surface area contributed by atoms with Crippen LogP contribution >= 0.6 is 11.6 Å². The van der Waals surface area contributed by atoms with Gasteiger partial charge in [0.05, 0.1) is 0 Å². The summed E-state index contributed by atoms with van der Waals surface area (Å²) in [7, 11) is 0. The first kappa shape index (κ1) is 24.5. The Balaban J connectivity index is 1.34. The van der Waals surface area contributed by atoms with Gasteiger partial charge < -0.3 is 10.2 Å². The molecule has 1 spiro atoms. The molecule has 0 bridgehead atoms. The number of hydrogen-bond donors (Lipinski definition) is 1. The number of aromatic nitrogens is 1. The monoisotopic (exact) mass is 502 g/mol. The fraction of sp³-hybridized carbons (Fsp3) is 0.345. The summed E-state index contributed by atoms with van der Waals surface area (Å²) in [6.45, 7) is 2.76. The molecule has 7 heteroatoms. The van der Waals surface area contributed by atoms with Crippen LogP contribution in [0.15, 0.2) is 79.0 Å². The molecular formula is C29H31ClN4O2. The Morgan fingerprint density at radius 2 is 1.64 bits per heavy atom. The highest BCUT2D eigenvalue weighted by molar-refractivity contribution is 6.30. The van der Waals surface area contributed by atoms with Gasteiger partial charge in [-0.3, -0.25) is 19.5 Å². The second kappa shape index (κ2) is 10.8. The summed E-state index contributed by atoms with van der Waals surface area (Å²) < 4.78 is 0. The first-order valence-corrected chi connectivity index (χ1v) is 12.9. The van der Waals surface area contributed by atoms with E-state index in [1.807, 2.05) is 77.7 Å². The number of carbonyl (C=O) groups excluding carboxylic acids is 2. The van der Waals surface area contributed by atoms with Crippen molar-refractivity contribution in [3.05, 3.63) is 101 Å². The van der Waals surface area contributed by atoms with Gasteiger partial charge in [-0.15, -0.1) is 0 Å². The zero-order valence-electron chi connectivity index (χ0n) is 20.3. The van der Waals surface area contributed by atoms with E-state index in [4.69, 9.17) is 11.6 Å². The maximum Gasteiger partial charge on any atom is 0.246 e. The number of piperazine rings is 1. The van der Waals surface area contributed by atoms with Crippen molar-refractivity contribution in [1.82, 2.24) is 20.1 Å². The Labute approximate surface area is 217 Å². The molecule has 2 aliphatic rings. The summed E-state index contributed by atoms with van der Waals surface area (Å²) in [6, 6.07) is 23.0. The molecule has 0 saturated carbocycles. The fourth-order valence-electron chi connectivity index (χ4n) is 5.39. The van der Waals surface area contributed by atoms with E-state index in [1.54, 1.807) is 6.20 Å². The van der Waals surface area contributed by atoms with Crippen LogP contribution in [0.5, 0.6) is 0 Å². The third kappa shape index (κ3) is 5.30. The van der Waals surface area contributed by atoms with Crippen LogP contribution in [-0.2, 0) is 29.0 Å². The first-order chi connectivity index (χ1) is 17.5. The average molecular weight is 503 g/mol. The molecule has 0 radical (unpaired) electrons. The molecule has 2 fully saturated rings. The number of likely N-dealkylation sites (tertiary alicyclic amines) is 1. The van der Waals surface area contributed by atoms with Crippen molar-refractivity contribution in [3.8, 4) is 0 Å². The summed E-state index contributed by atoms with van der Waals surface area (Å²) in [6.07, 6.45) is 4.10. The Kier molecular flexibility index (Phi) is 7.35. The molecule has 2 amide bonds. The molecule has 36 heavy (non-hydrogen) atoms.